The van der Waals surface area contributed by atoms with Gasteiger partial charge in [0.15, 0.2) is 0 Å². The Morgan fingerprint density at radius 1 is 1.03 bits per heavy atom. The molecule has 0 atom stereocenters. The molecule has 1 N–H and O–H groups in total. The van der Waals surface area contributed by atoms with Gasteiger partial charge in [-0.2, -0.15) is 0 Å². The summed E-state index contributed by atoms with van der Waals surface area (Å²) in [6, 6.07) is 18.5. The zero-order valence-corrected chi connectivity index (χ0v) is 20.1. The highest BCUT2D eigenvalue weighted by molar-refractivity contribution is 6.27. The van der Waals surface area contributed by atoms with E-state index < -0.39 is 5.60 Å². The van der Waals surface area contributed by atoms with Crippen LogP contribution in [-0.2, 0) is 11.4 Å². The summed E-state index contributed by atoms with van der Waals surface area (Å²) in [6.07, 6.45) is 6.83. The normalized spacial score (nSPS) is 18.7. The molecule has 6 heteroatoms. The Morgan fingerprint density at radius 3 is 2.33 bits per heavy atom. The third kappa shape index (κ3) is 6.42. The highest BCUT2D eigenvalue weighted by Crippen LogP contribution is 2.31. The first kappa shape index (κ1) is 23.9. The number of carbonyl (C=O) groups is 1. The minimum Gasteiger partial charge on any atom is -0.489 e. The molecule has 2 aromatic rings. The number of halogens is 1. The van der Waals surface area contributed by atoms with E-state index in [0.717, 1.165) is 55.8 Å². The Kier molecular flexibility index (Phi) is 8.15. The van der Waals surface area contributed by atoms with Crippen molar-refractivity contribution in [1.29, 1.82) is 0 Å². The fourth-order valence-electron chi connectivity index (χ4n) is 5.04. The molecule has 1 saturated carbocycles. The molecule has 0 bridgehead atoms. The molecule has 2 fully saturated rings. The molecule has 1 amide bonds. The van der Waals surface area contributed by atoms with Crippen LogP contribution in [0.4, 0.5) is 5.69 Å². The molecule has 5 nitrogen and oxygen atoms in total. The van der Waals surface area contributed by atoms with E-state index in [4.69, 9.17) is 16.3 Å². The van der Waals surface area contributed by atoms with E-state index in [1.165, 1.54) is 6.42 Å². The van der Waals surface area contributed by atoms with Gasteiger partial charge >= 0.3 is 0 Å². The van der Waals surface area contributed by atoms with Crippen LogP contribution in [0.25, 0.3) is 0 Å². The Morgan fingerprint density at radius 2 is 1.70 bits per heavy atom. The van der Waals surface area contributed by atoms with Gasteiger partial charge in [0.25, 0.3) is 0 Å². The van der Waals surface area contributed by atoms with Crippen molar-refractivity contribution in [2.75, 3.05) is 30.4 Å². The minimum absolute atomic E-state index is 0.0165. The molecule has 1 heterocycles. The quantitative estimate of drug-likeness (QED) is 0.552. The number of ether oxygens (including phenoxy) is 1. The lowest BCUT2D eigenvalue weighted by molar-refractivity contribution is -0.136. The number of amides is 1. The molecular formula is C27H35ClN2O3. The lowest BCUT2D eigenvalue weighted by atomic mass is 9.88. The maximum absolute atomic E-state index is 12.5. The standard InChI is InChI=1S/C27H35ClN2O3/c28-19-26(31)30(24-9-5-2-6-10-24)21-27(32)15-17-29(18-16-27)23-11-13-25(14-12-23)33-20-22-7-3-1-4-8-22/h1,3-4,7-8,11-14,24,32H,2,5-6,9-10,15-21H2. The Balaban J connectivity index is 1.31. The third-order valence-corrected chi connectivity index (χ3v) is 7.29. The van der Waals surface area contributed by atoms with Gasteiger partial charge in [0.05, 0.1) is 5.60 Å². The summed E-state index contributed by atoms with van der Waals surface area (Å²) >= 11 is 5.91. The molecule has 33 heavy (non-hydrogen) atoms. The third-order valence-electron chi connectivity index (χ3n) is 7.06. The molecule has 2 aromatic carbocycles. The molecule has 0 radical (unpaired) electrons. The second kappa shape index (κ2) is 11.3. The molecule has 1 saturated heterocycles. The molecule has 0 aromatic heterocycles. The van der Waals surface area contributed by atoms with Gasteiger partial charge in [0.2, 0.25) is 5.91 Å². The van der Waals surface area contributed by atoms with Crippen LogP contribution < -0.4 is 9.64 Å². The Bertz CT molecular complexity index is 876. The second-order valence-corrected chi connectivity index (χ2v) is 9.69. The smallest absolute Gasteiger partial charge is 0.237 e. The van der Waals surface area contributed by atoms with Crippen LogP contribution in [0.1, 0.15) is 50.5 Å². The van der Waals surface area contributed by atoms with E-state index in [1.807, 2.05) is 35.2 Å². The summed E-state index contributed by atoms with van der Waals surface area (Å²) in [6.45, 7) is 2.46. The lowest BCUT2D eigenvalue weighted by Crippen LogP contribution is -2.55. The predicted molar refractivity (Wildman–Crippen MR) is 133 cm³/mol. The summed E-state index contributed by atoms with van der Waals surface area (Å²) in [5, 5.41) is 11.3. The van der Waals surface area contributed by atoms with Gasteiger partial charge in [-0.25, -0.2) is 0 Å². The number of anilines is 1. The van der Waals surface area contributed by atoms with Crippen LogP contribution >= 0.6 is 11.6 Å². The van der Waals surface area contributed by atoms with Crippen molar-refractivity contribution in [3.05, 3.63) is 60.2 Å². The molecule has 2 aliphatic rings. The fraction of sp³-hybridized carbons (Fsp3) is 0.519. The molecular weight excluding hydrogens is 436 g/mol. The second-order valence-electron chi connectivity index (χ2n) is 9.43. The highest BCUT2D eigenvalue weighted by Gasteiger charge is 2.37. The van der Waals surface area contributed by atoms with Crippen molar-refractivity contribution in [1.82, 2.24) is 4.90 Å². The molecule has 178 valence electrons. The summed E-state index contributed by atoms with van der Waals surface area (Å²) in [5.41, 5.74) is 1.42. The first-order valence-corrected chi connectivity index (χ1v) is 12.7. The zero-order chi connectivity index (χ0) is 23.1. The van der Waals surface area contributed by atoms with E-state index >= 15 is 0 Å². The van der Waals surface area contributed by atoms with Crippen LogP contribution in [0.3, 0.4) is 0 Å². The molecule has 0 spiro atoms. The monoisotopic (exact) mass is 470 g/mol. The minimum atomic E-state index is -0.853. The lowest BCUT2D eigenvalue weighted by Gasteiger charge is -2.44. The number of piperidine rings is 1. The number of rotatable bonds is 8. The van der Waals surface area contributed by atoms with Crippen molar-refractivity contribution in [3.63, 3.8) is 0 Å². The van der Waals surface area contributed by atoms with Gasteiger partial charge in [-0.05, 0) is 55.5 Å². The van der Waals surface area contributed by atoms with E-state index in [-0.39, 0.29) is 17.8 Å². The average molecular weight is 471 g/mol. The van der Waals surface area contributed by atoms with Gasteiger partial charge in [-0.15, -0.1) is 11.6 Å². The summed E-state index contributed by atoms with van der Waals surface area (Å²) < 4.78 is 5.90. The zero-order valence-electron chi connectivity index (χ0n) is 19.3. The van der Waals surface area contributed by atoms with Crippen LogP contribution in [0, 0.1) is 0 Å². The Hall–Kier alpha value is -2.24. The van der Waals surface area contributed by atoms with Crippen molar-refractivity contribution in [2.24, 2.45) is 0 Å². The fourth-order valence-corrected chi connectivity index (χ4v) is 5.19. The summed E-state index contributed by atoms with van der Waals surface area (Å²) in [7, 11) is 0. The summed E-state index contributed by atoms with van der Waals surface area (Å²) in [4.78, 5) is 16.7. The number of hydrogen-bond acceptors (Lipinski definition) is 4. The maximum Gasteiger partial charge on any atom is 0.237 e. The van der Waals surface area contributed by atoms with Crippen LogP contribution in [0.5, 0.6) is 5.75 Å². The molecule has 1 aliphatic heterocycles. The van der Waals surface area contributed by atoms with Gasteiger partial charge < -0.3 is 19.6 Å². The van der Waals surface area contributed by atoms with Crippen LogP contribution in [-0.4, -0.2) is 53.1 Å². The maximum atomic E-state index is 12.5. The van der Waals surface area contributed by atoms with Crippen molar-refractivity contribution < 1.29 is 14.6 Å². The number of aliphatic hydroxyl groups is 1. The van der Waals surface area contributed by atoms with E-state index in [2.05, 4.69) is 29.2 Å². The topological polar surface area (TPSA) is 53.0 Å². The number of carbonyl (C=O) groups excluding carboxylic acids is 1. The van der Waals surface area contributed by atoms with Gasteiger partial charge in [-0.1, -0.05) is 49.6 Å². The first-order chi connectivity index (χ1) is 16.1. The van der Waals surface area contributed by atoms with Gasteiger partial charge in [0, 0.05) is 31.4 Å². The van der Waals surface area contributed by atoms with Crippen LogP contribution in [0.15, 0.2) is 54.6 Å². The van der Waals surface area contributed by atoms with Gasteiger partial charge in [0.1, 0.15) is 18.2 Å². The first-order valence-electron chi connectivity index (χ1n) is 12.2. The number of benzene rings is 2. The van der Waals surface area contributed by atoms with E-state index in [1.54, 1.807) is 0 Å². The van der Waals surface area contributed by atoms with Crippen LogP contribution in [0.2, 0.25) is 0 Å². The van der Waals surface area contributed by atoms with Crippen molar-refractivity contribution in [3.8, 4) is 5.75 Å². The largest absolute Gasteiger partial charge is 0.489 e. The molecule has 0 unspecified atom stereocenters. The van der Waals surface area contributed by atoms with E-state index in [9.17, 15) is 9.90 Å². The molecule has 4 rings (SSSR count). The van der Waals surface area contributed by atoms with E-state index in [0.29, 0.717) is 26.0 Å². The molecule has 1 aliphatic carbocycles. The number of alkyl halides is 1. The van der Waals surface area contributed by atoms with Crippen molar-refractivity contribution in [2.45, 2.75) is 63.2 Å². The predicted octanol–water partition coefficient (Wildman–Crippen LogP) is 5.00. The average Bonchev–Trinajstić information content (AvgIpc) is 2.88. The highest BCUT2D eigenvalue weighted by atomic mass is 35.5. The Labute approximate surface area is 202 Å². The number of nitrogens with zero attached hydrogens (tertiary/aromatic N) is 2. The summed E-state index contributed by atoms with van der Waals surface area (Å²) in [5.74, 6) is 0.779. The van der Waals surface area contributed by atoms with Crippen molar-refractivity contribution >= 4 is 23.2 Å². The number of hydrogen-bond donors (Lipinski definition) is 1. The SMILES string of the molecule is O=C(CCl)N(CC1(O)CCN(c2ccc(OCc3ccccc3)cc2)CC1)C1CCCCC1. The van der Waals surface area contributed by atoms with Gasteiger partial charge in [-0.3, -0.25) is 4.79 Å².